The number of aromatic nitrogens is 2. The van der Waals surface area contributed by atoms with E-state index >= 15 is 0 Å². The number of rotatable bonds is 4. The van der Waals surface area contributed by atoms with E-state index in [-0.39, 0.29) is 0 Å². The van der Waals surface area contributed by atoms with E-state index in [9.17, 15) is 9.59 Å². The summed E-state index contributed by atoms with van der Waals surface area (Å²) in [6, 6.07) is 6.97. The summed E-state index contributed by atoms with van der Waals surface area (Å²) in [6.07, 6.45) is 0.787. The van der Waals surface area contributed by atoms with Crippen LogP contribution in [0.25, 0.3) is 0 Å². The Kier molecular flexibility index (Phi) is 4.23. The third-order valence-corrected chi connectivity index (χ3v) is 4.45. The first kappa shape index (κ1) is 16.4. The second kappa shape index (κ2) is 6.20. The minimum absolute atomic E-state index is 0.354. The first-order valence-electron chi connectivity index (χ1n) is 7.62. The van der Waals surface area contributed by atoms with Crippen molar-refractivity contribution in [1.82, 2.24) is 10.2 Å². The molecule has 1 aliphatic rings. The maximum absolute atomic E-state index is 12.6. The van der Waals surface area contributed by atoms with Crippen LogP contribution in [0.2, 0.25) is 0 Å². The van der Waals surface area contributed by atoms with Gasteiger partial charge in [-0.1, -0.05) is 37.3 Å². The fourth-order valence-corrected chi connectivity index (χ4v) is 3.22. The fraction of sp³-hybridized carbons (Fsp3) is 0.375. The van der Waals surface area contributed by atoms with Crippen LogP contribution in [0.4, 0.5) is 10.8 Å². The van der Waals surface area contributed by atoms with Crippen molar-refractivity contribution in [3.8, 4) is 5.75 Å². The lowest BCUT2D eigenvalue weighted by Gasteiger charge is -2.32. The van der Waals surface area contributed by atoms with E-state index in [0.29, 0.717) is 22.5 Å². The molecule has 126 valence electrons. The van der Waals surface area contributed by atoms with Crippen LogP contribution in [0, 0.1) is 5.92 Å². The van der Waals surface area contributed by atoms with E-state index in [2.05, 4.69) is 34.7 Å². The van der Waals surface area contributed by atoms with Gasteiger partial charge in [-0.05, 0) is 25.0 Å². The highest BCUT2D eigenvalue weighted by Gasteiger charge is 2.47. The van der Waals surface area contributed by atoms with E-state index in [1.165, 1.54) is 18.3 Å². The Bertz CT molecular complexity index is 789. The van der Waals surface area contributed by atoms with Crippen molar-refractivity contribution in [1.29, 1.82) is 0 Å². The zero-order valence-electron chi connectivity index (χ0n) is 13.6. The van der Waals surface area contributed by atoms with Gasteiger partial charge in [-0.3, -0.25) is 14.9 Å². The van der Waals surface area contributed by atoms with Crippen LogP contribution in [-0.2, 0) is 16.0 Å². The highest BCUT2D eigenvalue weighted by molar-refractivity contribution is 7.15. The summed E-state index contributed by atoms with van der Waals surface area (Å²) >= 11 is 1.30. The van der Waals surface area contributed by atoms with E-state index in [0.717, 1.165) is 11.4 Å². The number of fused-ring (bicyclic) bond motifs is 1. The number of hydrogen-bond acceptors (Lipinski definition) is 6. The summed E-state index contributed by atoms with van der Waals surface area (Å²) in [5.41, 5.74) is -1.12. The van der Waals surface area contributed by atoms with Gasteiger partial charge in [-0.15, -0.1) is 10.2 Å². The summed E-state index contributed by atoms with van der Waals surface area (Å²) in [7, 11) is 0. The first-order chi connectivity index (χ1) is 11.4. The van der Waals surface area contributed by atoms with Gasteiger partial charge in [-0.25, -0.2) is 0 Å². The Morgan fingerprint density at radius 1 is 1.38 bits per heavy atom. The summed E-state index contributed by atoms with van der Waals surface area (Å²) in [6.45, 7) is 5.60. The van der Waals surface area contributed by atoms with Gasteiger partial charge < -0.3 is 10.1 Å². The molecule has 0 aliphatic carbocycles. The molecule has 0 fully saturated rings. The first-order valence-corrected chi connectivity index (χ1v) is 8.43. The molecule has 1 atom stereocenters. The van der Waals surface area contributed by atoms with E-state index < -0.39 is 17.4 Å². The molecule has 1 aliphatic heterocycles. The highest BCUT2D eigenvalue weighted by Crippen LogP contribution is 2.34. The summed E-state index contributed by atoms with van der Waals surface area (Å²) in [5.74, 6) is -0.206. The molecule has 1 aromatic heterocycles. The lowest BCUT2D eigenvalue weighted by Crippen LogP contribution is -2.56. The van der Waals surface area contributed by atoms with Crippen LogP contribution in [-0.4, -0.2) is 27.6 Å². The Hall–Kier alpha value is -2.48. The minimum atomic E-state index is -1.67. The third-order valence-electron chi connectivity index (χ3n) is 3.59. The molecule has 2 heterocycles. The molecule has 0 saturated carbocycles. The second-order valence-electron chi connectivity index (χ2n) is 6.14. The van der Waals surface area contributed by atoms with Crippen LogP contribution >= 0.6 is 11.3 Å². The van der Waals surface area contributed by atoms with Crippen molar-refractivity contribution in [2.75, 3.05) is 10.6 Å². The van der Waals surface area contributed by atoms with Crippen LogP contribution < -0.4 is 15.4 Å². The molecule has 0 spiro atoms. The number of anilines is 2. The molecule has 8 heteroatoms. The molecule has 7 nitrogen and oxygen atoms in total. The zero-order chi connectivity index (χ0) is 17.3. The predicted octanol–water partition coefficient (Wildman–Crippen LogP) is 2.46. The van der Waals surface area contributed by atoms with Crippen molar-refractivity contribution >= 4 is 34.0 Å². The average Bonchev–Trinajstić information content (AvgIpc) is 2.94. The maximum atomic E-state index is 12.6. The molecule has 0 bridgehead atoms. The van der Waals surface area contributed by atoms with E-state index in [4.69, 9.17) is 4.74 Å². The van der Waals surface area contributed by atoms with Crippen molar-refractivity contribution in [3.63, 3.8) is 0 Å². The molecule has 2 N–H and O–H groups in total. The number of para-hydroxylation sites is 2. The lowest BCUT2D eigenvalue weighted by atomic mass is 10.0. The van der Waals surface area contributed by atoms with Crippen molar-refractivity contribution in [2.45, 2.75) is 32.8 Å². The second-order valence-corrected chi connectivity index (χ2v) is 7.20. The highest BCUT2D eigenvalue weighted by atomic mass is 32.1. The van der Waals surface area contributed by atoms with Crippen LogP contribution in [0.3, 0.4) is 0 Å². The van der Waals surface area contributed by atoms with Gasteiger partial charge in [0.15, 0.2) is 0 Å². The Balaban J connectivity index is 1.77. The fourth-order valence-electron chi connectivity index (χ4n) is 2.27. The van der Waals surface area contributed by atoms with E-state index in [1.54, 1.807) is 24.3 Å². The number of nitrogens with one attached hydrogen (secondary N) is 2. The van der Waals surface area contributed by atoms with Crippen molar-refractivity contribution in [2.24, 2.45) is 5.92 Å². The molecule has 2 aromatic rings. The number of carbonyl (C=O) groups excluding carboxylic acids is 2. The molecule has 1 aromatic carbocycles. The smallest absolute Gasteiger partial charge is 0.280 e. The maximum Gasteiger partial charge on any atom is 0.280 e. The average molecular weight is 346 g/mol. The number of ether oxygens (including phenoxy) is 1. The molecular weight excluding hydrogens is 328 g/mol. The third kappa shape index (κ3) is 3.09. The lowest BCUT2D eigenvalue weighted by molar-refractivity contribution is -0.143. The molecule has 0 saturated heterocycles. The van der Waals surface area contributed by atoms with Gasteiger partial charge in [0.25, 0.3) is 17.4 Å². The molecule has 0 radical (unpaired) electrons. The van der Waals surface area contributed by atoms with Gasteiger partial charge in [0.2, 0.25) is 5.13 Å². The van der Waals surface area contributed by atoms with Gasteiger partial charge in [0, 0.05) is 6.42 Å². The Morgan fingerprint density at radius 3 is 2.88 bits per heavy atom. The van der Waals surface area contributed by atoms with E-state index in [1.807, 2.05) is 0 Å². The topological polar surface area (TPSA) is 93.2 Å². The standard InChI is InChI=1S/C16H18N4O3S/c1-9(2)8-12-19-20-15(24-12)18-14(22)16(3)13(21)17-10-6-4-5-7-11(10)23-16/h4-7,9H,8H2,1-3H3,(H,17,21)(H,18,20,22)/t16-/m0/s1. The minimum Gasteiger partial charge on any atom is -0.466 e. The van der Waals surface area contributed by atoms with Gasteiger partial charge >= 0.3 is 0 Å². The number of hydrogen-bond donors (Lipinski definition) is 2. The molecule has 0 unspecified atom stereocenters. The number of carbonyl (C=O) groups is 2. The SMILES string of the molecule is CC(C)Cc1nnc(NC(=O)[C@@]2(C)Oc3ccccc3NC2=O)s1. The van der Waals surface area contributed by atoms with Crippen molar-refractivity contribution in [3.05, 3.63) is 29.3 Å². The normalized spacial score (nSPS) is 19.4. The Morgan fingerprint density at radius 2 is 2.12 bits per heavy atom. The number of benzene rings is 1. The van der Waals surface area contributed by atoms with Crippen LogP contribution in [0.1, 0.15) is 25.8 Å². The summed E-state index contributed by atoms with van der Waals surface area (Å²) in [5, 5.41) is 14.5. The predicted molar refractivity (Wildman–Crippen MR) is 91.2 cm³/mol. The summed E-state index contributed by atoms with van der Waals surface area (Å²) in [4.78, 5) is 24.9. The zero-order valence-corrected chi connectivity index (χ0v) is 14.4. The van der Waals surface area contributed by atoms with Crippen LogP contribution in [0.5, 0.6) is 5.75 Å². The van der Waals surface area contributed by atoms with Gasteiger partial charge in [-0.2, -0.15) is 0 Å². The quantitative estimate of drug-likeness (QED) is 0.830. The number of amides is 2. The largest absolute Gasteiger partial charge is 0.466 e. The Labute approximate surface area is 143 Å². The number of nitrogens with zero attached hydrogens (tertiary/aromatic N) is 2. The molecule has 24 heavy (non-hydrogen) atoms. The van der Waals surface area contributed by atoms with Crippen LogP contribution in [0.15, 0.2) is 24.3 Å². The molecular formula is C16H18N4O3S. The van der Waals surface area contributed by atoms with Gasteiger partial charge in [0.05, 0.1) is 5.69 Å². The van der Waals surface area contributed by atoms with Crippen molar-refractivity contribution < 1.29 is 14.3 Å². The van der Waals surface area contributed by atoms with Gasteiger partial charge in [0.1, 0.15) is 10.8 Å². The summed E-state index contributed by atoms with van der Waals surface area (Å²) < 4.78 is 5.67. The molecule has 2 amide bonds. The molecule has 3 rings (SSSR count). The monoisotopic (exact) mass is 346 g/mol.